The van der Waals surface area contributed by atoms with E-state index in [0.717, 1.165) is 43.2 Å². The molecule has 0 fully saturated rings. The van der Waals surface area contributed by atoms with E-state index in [1.807, 2.05) is 24.3 Å². The van der Waals surface area contributed by atoms with Crippen LogP contribution in [0.15, 0.2) is 35.9 Å². The van der Waals surface area contributed by atoms with Gasteiger partial charge in [0.2, 0.25) is 5.78 Å². The Hall–Kier alpha value is -2.23. The van der Waals surface area contributed by atoms with Gasteiger partial charge in [-0.25, -0.2) is 4.79 Å². The molecule has 1 N–H and O–H groups in total. The Labute approximate surface area is 142 Å². The van der Waals surface area contributed by atoms with Gasteiger partial charge < -0.3 is 5.11 Å². The topological polar surface area (TPSA) is 71.4 Å². The number of carboxylic acids is 1. The fourth-order valence-electron chi connectivity index (χ4n) is 3.25. The minimum absolute atomic E-state index is 0.547. The molecule has 2 rings (SSSR count). The number of hydrogen-bond donors (Lipinski definition) is 1. The number of carbonyl (C=O) groups is 3. The highest BCUT2D eigenvalue weighted by Gasteiger charge is 2.32. The monoisotopic (exact) mass is 328 g/mol. The van der Waals surface area contributed by atoms with Crippen molar-refractivity contribution in [1.82, 2.24) is 0 Å². The minimum atomic E-state index is -1.66. The lowest BCUT2D eigenvalue weighted by atomic mass is 9.80. The third-order valence-corrected chi connectivity index (χ3v) is 4.63. The molecular weight excluding hydrogens is 304 g/mol. The Balaban J connectivity index is 2.16. The van der Waals surface area contributed by atoms with Gasteiger partial charge in [0, 0.05) is 5.92 Å². The van der Waals surface area contributed by atoms with E-state index in [0.29, 0.717) is 12.8 Å². The average molecular weight is 328 g/mol. The first-order valence-corrected chi connectivity index (χ1v) is 8.61. The van der Waals surface area contributed by atoms with Crippen LogP contribution >= 0.6 is 0 Å². The molecule has 0 saturated carbocycles. The molecule has 128 valence electrons. The first kappa shape index (κ1) is 18.1. The van der Waals surface area contributed by atoms with Crippen molar-refractivity contribution in [2.24, 2.45) is 5.92 Å². The van der Waals surface area contributed by atoms with Gasteiger partial charge in [0.1, 0.15) is 0 Å². The number of carbonyl (C=O) groups excluding carboxylic acids is 2. The Morgan fingerprint density at radius 3 is 2.46 bits per heavy atom. The SMILES string of the molecule is CCCCCCC(C(=O)C(=O)C(=O)O)C1=CCc2ccccc2C1. The van der Waals surface area contributed by atoms with Crippen LogP contribution in [0.4, 0.5) is 0 Å². The predicted octanol–water partition coefficient (Wildman–Crippen LogP) is 3.52. The molecule has 24 heavy (non-hydrogen) atoms. The van der Waals surface area contributed by atoms with Crippen molar-refractivity contribution in [3.8, 4) is 0 Å². The lowest BCUT2D eigenvalue weighted by molar-refractivity contribution is -0.153. The molecule has 0 aromatic heterocycles. The van der Waals surface area contributed by atoms with E-state index in [1.54, 1.807) is 0 Å². The number of hydrogen-bond acceptors (Lipinski definition) is 3. The summed E-state index contributed by atoms with van der Waals surface area (Å²) in [6.45, 7) is 2.11. The number of rotatable bonds is 9. The first-order chi connectivity index (χ1) is 11.5. The summed E-state index contributed by atoms with van der Waals surface area (Å²) >= 11 is 0. The fourth-order valence-corrected chi connectivity index (χ4v) is 3.25. The molecule has 4 heteroatoms. The molecule has 0 radical (unpaired) electrons. The number of Topliss-reactive ketones (excluding diaryl/α,β-unsaturated/α-hetero) is 2. The van der Waals surface area contributed by atoms with Crippen LogP contribution in [0.25, 0.3) is 0 Å². The van der Waals surface area contributed by atoms with Gasteiger partial charge in [-0.2, -0.15) is 0 Å². The molecule has 1 unspecified atom stereocenters. The van der Waals surface area contributed by atoms with Gasteiger partial charge in [-0.15, -0.1) is 0 Å². The van der Waals surface area contributed by atoms with Crippen LogP contribution in [0.2, 0.25) is 0 Å². The van der Waals surface area contributed by atoms with Gasteiger partial charge >= 0.3 is 11.8 Å². The highest BCUT2D eigenvalue weighted by Crippen LogP contribution is 2.29. The van der Waals surface area contributed by atoms with E-state index < -0.39 is 23.5 Å². The maximum atomic E-state index is 12.4. The van der Waals surface area contributed by atoms with Crippen LogP contribution in [0.5, 0.6) is 0 Å². The zero-order valence-corrected chi connectivity index (χ0v) is 14.1. The minimum Gasteiger partial charge on any atom is -0.475 e. The summed E-state index contributed by atoms with van der Waals surface area (Å²) in [6, 6.07) is 8.03. The van der Waals surface area contributed by atoms with E-state index in [-0.39, 0.29) is 0 Å². The predicted molar refractivity (Wildman–Crippen MR) is 91.8 cm³/mol. The van der Waals surface area contributed by atoms with Crippen molar-refractivity contribution in [3.63, 3.8) is 0 Å². The van der Waals surface area contributed by atoms with Gasteiger partial charge in [0.15, 0.2) is 0 Å². The third kappa shape index (κ3) is 4.40. The molecule has 0 heterocycles. The van der Waals surface area contributed by atoms with Gasteiger partial charge in [-0.3, -0.25) is 9.59 Å². The van der Waals surface area contributed by atoms with Crippen LogP contribution in [-0.4, -0.2) is 22.6 Å². The quantitative estimate of drug-likeness (QED) is 0.326. The molecule has 1 aromatic carbocycles. The second kappa shape index (κ2) is 8.57. The number of unbranched alkanes of at least 4 members (excludes halogenated alkanes) is 3. The molecule has 1 aliphatic rings. The van der Waals surface area contributed by atoms with Gasteiger partial charge in [-0.1, -0.05) is 68.5 Å². The Morgan fingerprint density at radius 2 is 1.79 bits per heavy atom. The highest BCUT2D eigenvalue weighted by atomic mass is 16.4. The molecule has 1 atom stereocenters. The number of aliphatic carboxylic acids is 1. The van der Waals surface area contributed by atoms with Crippen LogP contribution in [0.3, 0.4) is 0 Å². The first-order valence-electron chi connectivity index (χ1n) is 8.61. The zero-order chi connectivity index (χ0) is 17.5. The number of benzene rings is 1. The summed E-state index contributed by atoms with van der Waals surface area (Å²) in [5.74, 6) is -4.32. The Morgan fingerprint density at radius 1 is 1.08 bits per heavy atom. The molecule has 0 amide bonds. The lowest BCUT2D eigenvalue weighted by Gasteiger charge is -2.23. The molecule has 1 aromatic rings. The summed E-state index contributed by atoms with van der Waals surface area (Å²) in [5.41, 5.74) is 3.27. The lowest BCUT2D eigenvalue weighted by Crippen LogP contribution is -2.32. The molecule has 1 aliphatic carbocycles. The number of allylic oxidation sites excluding steroid dienone is 2. The van der Waals surface area contributed by atoms with Crippen molar-refractivity contribution < 1.29 is 19.5 Å². The van der Waals surface area contributed by atoms with Crippen LogP contribution < -0.4 is 0 Å². The molecule has 4 nitrogen and oxygen atoms in total. The Kier molecular flexibility index (Phi) is 6.47. The van der Waals surface area contributed by atoms with Crippen molar-refractivity contribution >= 4 is 17.5 Å². The summed E-state index contributed by atoms with van der Waals surface area (Å²) in [5, 5.41) is 8.88. The number of ketones is 2. The van der Waals surface area contributed by atoms with Crippen molar-refractivity contribution in [1.29, 1.82) is 0 Å². The van der Waals surface area contributed by atoms with Gasteiger partial charge in [0.05, 0.1) is 0 Å². The second-order valence-electron chi connectivity index (χ2n) is 6.33. The summed E-state index contributed by atoms with van der Waals surface area (Å²) in [7, 11) is 0. The van der Waals surface area contributed by atoms with Crippen LogP contribution in [0, 0.1) is 5.92 Å². The maximum Gasteiger partial charge on any atom is 0.380 e. The number of fused-ring (bicyclic) bond motifs is 1. The van der Waals surface area contributed by atoms with E-state index in [2.05, 4.69) is 13.0 Å². The summed E-state index contributed by atoms with van der Waals surface area (Å²) in [6.07, 6.45) is 7.88. The molecular formula is C20H24O4. The molecule has 0 bridgehead atoms. The highest BCUT2D eigenvalue weighted by molar-refractivity contribution is 6.62. The number of carboxylic acid groups (broad SMARTS) is 1. The van der Waals surface area contributed by atoms with E-state index in [1.165, 1.54) is 5.56 Å². The zero-order valence-electron chi connectivity index (χ0n) is 14.1. The van der Waals surface area contributed by atoms with Crippen molar-refractivity contribution in [2.45, 2.75) is 51.9 Å². The largest absolute Gasteiger partial charge is 0.475 e. The van der Waals surface area contributed by atoms with Gasteiger partial charge in [0.25, 0.3) is 0 Å². The van der Waals surface area contributed by atoms with Crippen LogP contribution in [0.1, 0.15) is 50.2 Å². The van der Waals surface area contributed by atoms with Gasteiger partial charge in [-0.05, 0) is 30.4 Å². The van der Waals surface area contributed by atoms with Crippen LogP contribution in [-0.2, 0) is 27.2 Å². The molecule has 0 saturated heterocycles. The third-order valence-electron chi connectivity index (χ3n) is 4.63. The molecule has 0 aliphatic heterocycles. The van der Waals surface area contributed by atoms with Crippen molar-refractivity contribution in [3.05, 3.63) is 47.0 Å². The standard InChI is InChI=1S/C20H24O4/c1-2-3-4-5-10-17(18(21)19(22)20(23)24)16-12-11-14-8-6-7-9-15(14)13-16/h6-9,12,17H,2-5,10-11,13H2,1H3,(H,23,24). The second-order valence-corrected chi connectivity index (χ2v) is 6.33. The van der Waals surface area contributed by atoms with E-state index in [9.17, 15) is 14.4 Å². The fraction of sp³-hybridized carbons (Fsp3) is 0.450. The summed E-state index contributed by atoms with van der Waals surface area (Å²) < 4.78 is 0. The van der Waals surface area contributed by atoms with E-state index in [4.69, 9.17) is 5.11 Å². The maximum absolute atomic E-state index is 12.4. The van der Waals surface area contributed by atoms with Crippen molar-refractivity contribution in [2.75, 3.05) is 0 Å². The smallest absolute Gasteiger partial charge is 0.380 e. The summed E-state index contributed by atoms with van der Waals surface area (Å²) in [4.78, 5) is 35.0. The van der Waals surface area contributed by atoms with E-state index >= 15 is 0 Å². The normalized spacial score (nSPS) is 14.5. The average Bonchev–Trinajstić information content (AvgIpc) is 2.60. The molecule has 0 spiro atoms. The Bertz CT molecular complexity index is 657.